The smallest absolute Gasteiger partial charge is 0.264 e. The molecule has 6 aliphatic rings. The molecule has 10 rings (SSSR count). The number of hydrogen-bond acceptors (Lipinski definition) is 13. The molecule has 4 heterocycles. The molecule has 82 heavy (non-hydrogen) atoms. The maximum absolute atomic E-state index is 13.5. The number of halogens is 4. The fourth-order valence-corrected chi connectivity index (χ4v) is 14.0. The van der Waals surface area contributed by atoms with E-state index in [-0.39, 0.29) is 82.1 Å². The van der Waals surface area contributed by atoms with Gasteiger partial charge in [-0.2, -0.15) is 18.2 Å². The van der Waals surface area contributed by atoms with E-state index in [1.165, 1.54) is 33.7 Å². The summed E-state index contributed by atoms with van der Waals surface area (Å²) in [6.07, 6.45) is 8.36. The number of rotatable bonds is 18. The quantitative estimate of drug-likeness (QED) is 0.0506. The summed E-state index contributed by atoms with van der Waals surface area (Å²) in [5.41, 5.74) is 6.34. The number of benzene rings is 4. The summed E-state index contributed by atoms with van der Waals surface area (Å²) in [4.78, 5) is 51.7. The van der Waals surface area contributed by atoms with Gasteiger partial charge in [0.25, 0.3) is 5.91 Å². The number of piperidine rings is 1. The average molecular weight is 1230 g/mol. The molecule has 2 aliphatic carbocycles. The van der Waals surface area contributed by atoms with E-state index in [0.717, 1.165) is 153 Å². The normalized spacial score (nSPS) is 22.1. The molecule has 5 fully saturated rings. The van der Waals surface area contributed by atoms with Crippen molar-refractivity contribution in [1.82, 2.24) is 29.6 Å². The fourth-order valence-electron chi connectivity index (χ4n) is 11.9. The third-order valence-corrected chi connectivity index (χ3v) is 19.1. The van der Waals surface area contributed by atoms with Crippen LogP contribution in [0, 0.1) is 18.2 Å². The molecule has 1 saturated carbocycles. The molecule has 0 bridgehead atoms. The molecule has 3 amide bonds. The van der Waals surface area contributed by atoms with Gasteiger partial charge in [0, 0.05) is 156 Å². The van der Waals surface area contributed by atoms with Gasteiger partial charge in [-0.3, -0.25) is 39.1 Å². The Bertz CT molecular complexity index is 2850. The van der Waals surface area contributed by atoms with E-state index in [9.17, 15) is 36.0 Å². The number of carbonyl (C=O) groups excluding carboxylic acids is 3. The van der Waals surface area contributed by atoms with E-state index in [4.69, 9.17) is 16.3 Å². The van der Waals surface area contributed by atoms with Crippen LogP contribution in [-0.4, -0.2) is 172 Å². The van der Waals surface area contributed by atoms with Crippen LogP contribution in [0.25, 0.3) is 5.57 Å². The van der Waals surface area contributed by atoms with Gasteiger partial charge in [-0.15, -0.1) is 17.8 Å². The predicted molar refractivity (Wildman–Crippen MR) is 312 cm³/mol. The van der Waals surface area contributed by atoms with Crippen LogP contribution in [0.5, 0.6) is 0 Å². The first-order valence-electron chi connectivity index (χ1n) is 27.6. The van der Waals surface area contributed by atoms with Crippen LogP contribution in [0.3, 0.4) is 0 Å². The number of hydrogen-bond donors (Lipinski definition) is 3. The molecular weight excluding hydrogens is 1150 g/mol. The summed E-state index contributed by atoms with van der Waals surface area (Å²) in [6, 6.07) is 33.5. The molecular formula is C59H76ClF3N8O8S2Sc-2. The molecule has 1 spiro atoms. The molecule has 1 radical (unpaired) electrons. The Morgan fingerprint density at radius 3 is 2.27 bits per heavy atom. The van der Waals surface area contributed by atoms with Crippen LogP contribution in [0.2, 0.25) is 5.02 Å². The number of nitrogens with one attached hydrogen (secondary N) is 3. The summed E-state index contributed by atoms with van der Waals surface area (Å²) >= 11 is 8.16. The van der Waals surface area contributed by atoms with Crippen molar-refractivity contribution in [1.29, 1.82) is 0 Å². The van der Waals surface area contributed by atoms with Crippen LogP contribution in [0.1, 0.15) is 80.6 Å². The minimum absolute atomic E-state index is 0. The van der Waals surface area contributed by atoms with E-state index < -0.39 is 22.6 Å². The number of anilines is 2. The molecule has 0 aromatic heterocycles. The number of piperazine rings is 2. The number of allylic oxidation sites excluding steroid dienone is 1. The summed E-state index contributed by atoms with van der Waals surface area (Å²) in [5, 5.41) is 6.90. The molecule has 4 saturated heterocycles. The molecule has 445 valence electrons. The molecule has 23 heteroatoms. The molecule has 4 aromatic carbocycles. The standard InChI is InChI=1S/C58H72ClN8O6S2.CF3.2H2O.Sc/c1-57(41-67-34-33-66(42-58(67)25-26-58)53-20-21-54(68)61-56(53)70)24-22-52(43-8-12-46(59)13-9-43)45(38-57)39-64-29-31-65(32-30-64)49-16-10-44(11-17-49)55(69)62-75(71,72)51-18-14-47(15-19-51)60-48(40-74-50-6-3-2-4-7-50)23-28-63-27-5-36-73-37-35-63;2-1(3)4;;;/h2-4,6-14,16-19,48,53,60H,5,20-42H2,1H3,(H,62,69)(H,61,68,70);;2*1H2;/q2*-1;;;/t48-,53?,57-;;;;/m1..../s1. The average Bonchev–Trinajstić information content (AvgIpc) is 4.35. The first-order chi connectivity index (χ1) is 38.0. The Kier molecular flexibility index (Phi) is 25.1. The van der Waals surface area contributed by atoms with Crippen molar-refractivity contribution >= 4 is 68.1 Å². The van der Waals surface area contributed by atoms with Gasteiger partial charge < -0.3 is 44.0 Å². The molecule has 7 N–H and O–H groups in total. The van der Waals surface area contributed by atoms with Crippen LogP contribution in [0.4, 0.5) is 24.5 Å². The minimum Gasteiger partial charge on any atom is -0.412 e. The molecule has 1 unspecified atom stereocenters. The topological polar surface area (TPSA) is 210 Å². The third kappa shape index (κ3) is 18.4. The van der Waals surface area contributed by atoms with Gasteiger partial charge in [-0.25, -0.2) is 8.42 Å². The number of carbonyl (C=O) groups is 3. The number of nitrogens with zero attached hydrogens (tertiary/aromatic N) is 5. The van der Waals surface area contributed by atoms with Crippen LogP contribution < -0.4 is 20.3 Å². The van der Waals surface area contributed by atoms with Crippen LogP contribution >= 0.6 is 23.4 Å². The van der Waals surface area contributed by atoms with Gasteiger partial charge in [0.15, 0.2) is 6.68 Å². The van der Waals surface area contributed by atoms with Gasteiger partial charge in [0.05, 0.1) is 12.6 Å². The van der Waals surface area contributed by atoms with Gasteiger partial charge in [-0.05, 0) is 121 Å². The molecule has 16 nitrogen and oxygen atoms in total. The van der Waals surface area contributed by atoms with Crippen molar-refractivity contribution in [2.75, 3.05) is 108 Å². The summed E-state index contributed by atoms with van der Waals surface area (Å²) < 4.78 is 63.7. The number of amides is 3. The van der Waals surface area contributed by atoms with Crippen molar-refractivity contribution in [2.45, 2.75) is 92.1 Å². The first-order valence-corrected chi connectivity index (χ1v) is 30.4. The summed E-state index contributed by atoms with van der Waals surface area (Å²) in [5.74, 6) is -0.149. The van der Waals surface area contributed by atoms with E-state index in [1.54, 1.807) is 30.0 Å². The zero-order chi connectivity index (χ0) is 55.6. The van der Waals surface area contributed by atoms with Gasteiger partial charge in [-0.1, -0.05) is 60.1 Å². The van der Waals surface area contributed by atoms with E-state index in [2.05, 4.69) is 77.1 Å². The molecule has 4 aliphatic heterocycles. The second kappa shape index (κ2) is 30.7. The van der Waals surface area contributed by atoms with Gasteiger partial charge in [0.1, 0.15) is 0 Å². The van der Waals surface area contributed by atoms with Crippen molar-refractivity contribution in [2.24, 2.45) is 5.41 Å². The number of thioether (sulfide) groups is 1. The number of sulfonamides is 1. The fraction of sp³-hybridized carbons (Fsp3) is 0.492. The number of ether oxygens (including phenoxy) is 1. The maximum Gasteiger partial charge on any atom is 0.264 e. The van der Waals surface area contributed by atoms with Crippen molar-refractivity contribution in [3.05, 3.63) is 132 Å². The van der Waals surface area contributed by atoms with Crippen molar-refractivity contribution in [3.63, 3.8) is 0 Å². The Morgan fingerprint density at radius 2 is 1.60 bits per heavy atom. The monoisotopic (exact) mass is 1230 g/mol. The van der Waals surface area contributed by atoms with E-state index >= 15 is 0 Å². The first kappa shape index (κ1) is 66.9. The van der Waals surface area contributed by atoms with Crippen LogP contribution in [0.15, 0.2) is 112 Å². The zero-order valence-electron chi connectivity index (χ0n) is 46.5. The Labute approximate surface area is 508 Å². The van der Waals surface area contributed by atoms with Gasteiger partial charge in [0.2, 0.25) is 21.8 Å². The van der Waals surface area contributed by atoms with E-state index in [1.807, 2.05) is 42.5 Å². The SMILES string of the molecule is C[C@@]1(CN2CCN(C3CCC(=O)NC3=O)CC23CC3)CCC(c2ccc(Cl)cc2)=C(CN2CCN(c3ccc(C(=O)NS(=O)(=O)c4c[c-]c(N[C@H](CCN5CCCOCC5)CSc5ccccc5)cc4)cc3)CC2)C1.F[C-](F)F.O.O.[Sc]. The zero-order valence-corrected chi connectivity index (χ0v) is 50.6. The number of imide groups is 1. The van der Waals surface area contributed by atoms with Gasteiger partial charge >= 0.3 is 0 Å². The van der Waals surface area contributed by atoms with E-state index in [0.29, 0.717) is 18.5 Å². The summed E-state index contributed by atoms with van der Waals surface area (Å²) in [7, 11) is -4.16. The molecule has 4 aromatic rings. The predicted octanol–water partition coefficient (Wildman–Crippen LogP) is 7.36. The Balaban J connectivity index is 0.00000150. The van der Waals surface area contributed by atoms with Crippen LogP contribution in [-0.2, 0) is 50.2 Å². The second-order valence-electron chi connectivity index (χ2n) is 22.1. The largest absolute Gasteiger partial charge is 0.412 e. The Morgan fingerprint density at radius 1 is 0.878 bits per heavy atom. The van der Waals surface area contributed by atoms with Crippen molar-refractivity contribution in [3.8, 4) is 0 Å². The summed E-state index contributed by atoms with van der Waals surface area (Å²) in [6.45, 7) is 11.8. The Hall–Kier alpha value is -4.20. The third-order valence-electron chi connectivity index (χ3n) is 16.4. The maximum atomic E-state index is 13.5. The van der Waals surface area contributed by atoms with Crippen molar-refractivity contribution < 1.29 is 77.5 Å². The molecule has 3 atom stereocenters. The second-order valence-corrected chi connectivity index (χ2v) is 25.3. The minimum atomic E-state index is -4.16.